The van der Waals surface area contributed by atoms with Gasteiger partial charge in [0.25, 0.3) is 0 Å². The molecule has 0 amide bonds. The summed E-state index contributed by atoms with van der Waals surface area (Å²) in [7, 11) is 2.01. The molecule has 6 atom stereocenters. The number of nitrogens with zero attached hydrogens (tertiary/aromatic N) is 1. The zero-order valence-electron chi connectivity index (χ0n) is 21.4. The van der Waals surface area contributed by atoms with Gasteiger partial charge in [-0.15, -0.1) is 0 Å². The number of aliphatic hydroxyl groups is 2. The summed E-state index contributed by atoms with van der Waals surface area (Å²) in [5.41, 5.74) is 6.29. The highest BCUT2D eigenvalue weighted by Gasteiger charge is 2.71. The summed E-state index contributed by atoms with van der Waals surface area (Å²) in [6.07, 6.45) is 1.29. The number of ether oxygens (including phenoxy) is 3. The third kappa shape index (κ3) is 3.80. The van der Waals surface area contributed by atoms with E-state index in [2.05, 4.69) is 4.90 Å². The van der Waals surface area contributed by atoms with E-state index in [-0.39, 0.29) is 43.5 Å². The van der Waals surface area contributed by atoms with E-state index in [4.69, 9.17) is 19.9 Å². The molecule has 1 spiro atoms. The molecule has 1 aromatic carbocycles. The molecule has 1 aromatic rings. The number of ketones is 1. The van der Waals surface area contributed by atoms with Crippen LogP contribution in [0.4, 0.5) is 0 Å². The number of hydrogen-bond acceptors (Lipinski definition) is 10. The second-order valence-electron chi connectivity index (χ2n) is 10.7. The van der Waals surface area contributed by atoms with E-state index >= 15 is 0 Å². The van der Waals surface area contributed by atoms with Crippen LogP contribution in [0.1, 0.15) is 56.2 Å². The summed E-state index contributed by atoms with van der Waals surface area (Å²) in [5, 5.41) is 22.2. The first-order valence-corrected chi connectivity index (χ1v) is 12.8. The minimum atomic E-state index is -1.19. The molecule has 37 heavy (non-hydrogen) atoms. The van der Waals surface area contributed by atoms with Crippen LogP contribution in [0.2, 0.25) is 0 Å². The lowest BCUT2D eigenvalue weighted by molar-refractivity contribution is -0.175. The topological polar surface area (TPSA) is 149 Å². The van der Waals surface area contributed by atoms with Crippen LogP contribution in [-0.2, 0) is 42.3 Å². The van der Waals surface area contributed by atoms with Crippen LogP contribution < -0.4 is 10.5 Å². The standard InChI is InChI=1S/C27H34N2O8/c1-14(31)18(28)6-7-21(32)35-15(2)25(33)36-19-8-9-27(34)20-12-16-4-5-17(13-30)23-22(16)26(27,24(19)37-23)10-11-29(20)3/h4-5,8,15,18,20,24,30,34H,6-7,9-13,28H2,1-3H3/t15-,18-,20+,24-,26-,27+/m0/s1. The third-order valence-corrected chi connectivity index (χ3v) is 8.67. The summed E-state index contributed by atoms with van der Waals surface area (Å²) in [6, 6.07) is 2.94. The smallest absolute Gasteiger partial charge is 0.352 e. The Morgan fingerprint density at radius 1 is 1.32 bits per heavy atom. The molecule has 10 nitrogen and oxygen atoms in total. The fourth-order valence-electron chi connectivity index (χ4n) is 6.61. The normalized spacial score (nSPS) is 30.9. The van der Waals surface area contributed by atoms with Crippen LogP contribution in [0.15, 0.2) is 24.0 Å². The van der Waals surface area contributed by atoms with Gasteiger partial charge in [0.05, 0.1) is 23.7 Å². The van der Waals surface area contributed by atoms with Gasteiger partial charge in [0.1, 0.15) is 17.3 Å². The van der Waals surface area contributed by atoms with Gasteiger partial charge < -0.3 is 35.1 Å². The number of benzene rings is 1. The van der Waals surface area contributed by atoms with Crippen molar-refractivity contribution in [1.29, 1.82) is 0 Å². The number of hydrogen-bond donors (Lipinski definition) is 3. The molecule has 0 unspecified atom stereocenters. The van der Waals surface area contributed by atoms with Gasteiger partial charge in [-0.05, 0) is 58.3 Å². The highest BCUT2D eigenvalue weighted by Crippen LogP contribution is 2.64. The molecular weight excluding hydrogens is 480 g/mol. The Morgan fingerprint density at radius 2 is 2.08 bits per heavy atom. The molecule has 0 saturated carbocycles. The summed E-state index contributed by atoms with van der Waals surface area (Å²) in [4.78, 5) is 38.6. The highest BCUT2D eigenvalue weighted by molar-refractivity contribution is 5.83. The van der Waals surface area contributed by atoms with Crippen LogP contribution >= 0.6 is 0 Å². The first-order valence-electron chi connectivity index (χ1n) is 12.8. The van der Waals surface area contributed by atoms with E-state index in [1.807, 2.05) is 19.2 Å². The number of likely N-dealkylation sites (N-methyl/N-ethyl adjacent to an activating group) is 1. The molecule has 0 aromatic heterocycles. The van der Waals surface area contributed by atoms with E-state index in [1.165, 1.54) is 13.8 Å². The maximum absolute atomic E-state index is 13.0. The fourth-order valence-corrected chi connectivity index (χ4v) is 6.61. The molecular formula is C27H34N2O8. The van der Waals surface area contributed by atoms with Crippen molar-refractivity contribution in [3.63, 3.8) is 0 Å². The van der Waals surface area contributed by atoms with Gasteiger partial charge in [0, 0.05) is 30.0 Å². The van der Waals surface area contributed by atoms with Crippen LogP contribution in [0.25, 0.3) is 0 Å². The first-order chi connectivity index (χ1) is 17.5. The van der Waals surface area contributed by atoms with Crippen molar-refractivity contribution in [1.82, 2.24) is 4.90 Å². The molecule has 4 aliphatic rings. The number of rotatable bonds is 8. The lowest BCUT2D eigenvalue weighted by Gasteiger charge is -2.61. The molecule has 2 bridgehead atoms. The minimum Gasteiger partial charge on any atom is -0.481 e. The molecule has 2 aliphatic carbocycles. The largest absolute Gasteiger partial charge is 0.481 e. The van der Waals surface area contributed by atoms with Gasteiger partial charge in [0.15, 0.2) is 12.2 Å². The predicted molar refractivity (Wildman–Crippen MR) is 130 cm³/mol. The van der Waals surface area contributed by atoms with Gasteiger partial charge in [-0.1, -0.05) is 12.1 Å². The molecule has 1 fully saturated rings. The number of carbonyl (C=O) groups is 3. The Hall–Kier alpha value is -2.79. The Kier molecular flexibility index (Phi) is 6.42. The van der Waals surface area contributed by atoms with Crippen molar-refractivity contribution in [2.75, 3.05) is 13.6 Å². The molecule has 5 rings (SSSR count). The van der Waals surface area contributed by atoms with Gasteiger partial charge >= 0.3 is 11.9 Å². The van der Waals surface area contributed by atoms with Crippen LogP contribution in [-0.4, -0.2) is 76.3 Å². The molecule has 1 saturated heterocycles. The molecule has 0 radical (unpaired) electrons. The lowest BCUT2D eigenvalue weighted by atomic mass is 9.50. The van der Waals surface area contributed by atoms with Crippen LogP contribution in [0.3, 0.4) is 0 Å². The zero-order valence-corrected chi connectivity index (χ0v) is 21.4. The number of nitrogens with two attached hydrogens (primary N) is 1. The van der Waals surface area contributed by atoms with Crippen molar-refractivity contribution in [3.8, 4) is 5.75 Å². The van der Waals surface area contributed by atoms with Crippen molar-refractivity contribution in [2.45, 2.75) is 87.9 Å². The van der Waals surface area contributed by atoms with Crippen LogP contribution in [0, 0.1) is 0 Å². The van der Waals surface area contributed by atoms with Gasteiger partial charge in [0.2, 0.25) is 0 Å². The van der Waals surface area contributed by atoms with Gasteiger partial charge in [-0.3, -0.25) is 9.59 Å². The molecule has 2 heterocycles. The number of esters is 2. The SMILES string of the molecule is CC(=O)[C@@H](N)CCC(=O)O[C@@H](C)C(=O)OC1=CC[C@@]2(O)[C@H]3Cc4ccc(CO)c5c4[C@@]2(CCN3C)[C@H]1O5. The summed E-state index contributed by atoms with van der Waals surface area (Å²) < 4.78 is 17.4. The van der Waals surface area contributed by atoms with Gasteiger partial charge in [-0.2, -0.15) is 0 Å². The average molecular weight is 515 g/mol. The second-order valence-corrected chi connectivity index (χ2v) is 10.7. The molecule has 200 valence electrons. The molecule has 4 N–H and O–H groups in total. The maximum Gasteiger partial charge on any atom is 0.352 e. The fraction of sp³-hybridized carbons (Fsp3) is 0.593. The summed E-state index contributed by atoms with van der Waals surface area (Å²) in [5.74, 6) is -0.824. The number of piperidine rings is 1. The van der Waals surface area contributed by atoms with E-state index in [0.29, 0.717) is 24.2 Å². The Balaban J connectivity index is 1.39. The first kappa shape index (κ1) is 25.8. The average Bonchev–Trinajstić information content (AvgIpc) is 3.22. The van der Waals surface area contributed by atoms with Crippen molar-refractivity contribution < 1.29 is 38.8 Å². The van der Waals surface area contributed by atoms with Crippen molar-refractivity contribution in [3.05, 3.63) is 40.7 Å². The minimum absolute atomic E-state index is 0.0973. The van der Waals surface area contributed by atoms with E-state index in [1.54, 1.807) is 6.08 Å². The Labute approximate surface area is 215 Å². The number of likely N-dealkylation sites (tertiary alicyclic amines) is 1. The predicted octanol–water partition coefficient (Wildman–Crippen LogP) is 0.628. The monoisotopic (exact) mass is 514 g/mol. The highest BCUT2D eigenvalue weighted by atomic mass is 16.6. The molecule has 2 aliphatic heterocycles. The van der Waals surface area contributed by atoms with Crippen molar-refractivity contribution >= 4 is 17.7 Å². The number of aliphatic hydroxyl groups excluding tert-OH is 1. The number of carbonyl (C=O) groups excluding carboxylic acids is 3. The van der Waals surface area contributed by atoms with E-state index in [0.717, 1.165) is 17.7 Å². The quantitative estimate of drug-likeness (QED) is 0.422. The second kappa shape index (κ2) is 9.20. The lowest BCUT2D eigenvalue weighted by Crippen LogP contribution is -2.74. The molecule has 10 heteroatoms. The maximum atomic E-state index is 13.0. The van der Waals surface area contributed by atoms with Crippen molar-refractivity contribution in [2.24, 2.45) is 5.73 Å². The summed E-state index contributed by atoms with van der Waals surface area (Å²) in [6.45, 7) is 3.28. The number of Topliss-reactive ketones (excluding diaryl/α,β-unsaturated/α-hetero) is 1. The van der Waals surface area contributed by atoms with E-state index < -0.39 is 41.2 Å². The van der Waals surface area contributed by atoms with Gasteiger partial charge in [-0.25, -0.2) is 4.79 Å². The Bertz CT molecular complexity index is 1180. The third-order valence-electron chi connectivity index (χ3n) is 8.67. The Morgan fingerprint density at radius 3 is 2.78 bits per heavy atom. The summed E-state index contributed by atoms with van der Waals surface area (Å²) >= 11 is 0. The van der Waals surface area contributed by atoms with Crippen LogP contribution in [0.5, 0.6) is 5.75 Å². The van der Waals surface area contributed by atoms with E-state index in [9.17, 15) is 24.6 Å². The zero-order chi connectivity index (χ0) is 26.7.